The average Bonchev–Trinajstić information content (AvgIpc) is 2.80. The predicted octanol–water partition coefficient (Wildman–Crippen LogP) is 5.51. The highest BCUT2D eigenvalue weighted by molar-refractivity contribution is 5.72. The quantitative estimate of drug-likeness (QED) is 0.103. The molecule has 0 aliphatic carbocycles. The summed E-state index contributed by atoms with van der Waals surface area (Å²) in [5.41, 5.74) is 0. The smallest absolute Gasteiger partial charge is 0.362 e. The minimum Gasteiger partial charge on any atom is -0.477 e. The van der Waals surface area contributed by atoms with Gasteiger partial charge in [-0.05, 0) is 12.8 Å². The minimum absolute atomic E-state index is 0.0470. The molecule has 0 heterocycles. The zero-order valence-electron chi connectivity index (χ0n) is 23.7. The summed E-state index contributed by atoms with van der Waals surface area (Å²) >= 11 is 0. The number of likely N-dealkylation sites (N-methyl/N-ethyl adjacent to an activating group) is 1. The van der Waals surface area contributed by atoms with Crippen molar-refractivity contribution in [1.29, 1.82) is 0 Å². The molecule has 0 saturated heterocycles. The summed E-state index contributed by atoms with van der Waals surface area (Å²) in [7, 11) is 5.48. The molecule has 0 aromatic rings. The zero-order chi connectivity index (χ0) is 27.2. The number of aliphatic carboxylic acids is 1. The summed E-state index contributed by atoms with van der Waals surface area (Å²) in [5, 5.41) is 9.47. The van der Waals surface area contributed by atoms with E-state index in [1.807, 2.05) is 21.1 Å². The molecule has 0 saturated carbocycles. The number of unbranched alkanes of at least 4 members (excludes halogenated alkanes) is 10. The molecule has 0 aromatic carbocycles. The van der Waals surface area contributed by atoms with E-state index in [9.17, 15) is 19.5 Å². The van der Waals surface area contributed by atoms with Crippen molar-refractivity contribution in [3.63, 3.8) is 0 Å². The second kappa shape index (κ2) is 21.4. The third-order valence-electron chi connectivity index (χ3n) is 6.26. The topological polar surface area (TPSA) is 99.1 Å². The molecule has 0 radical (unpaired) electrons. The first-order valence-electron chi connectivity index (χ1n) is 14.1. The third-order valence-corrected chi connectivity index (χ3v) is 6.26. The van der Waals surface area contributed by atoms with E-state index in [1.165, 1.54) is 38.5 Å². The van der Waals surface area contributed by atoms with Gasteiger partial charge in [0.1, 0.15) is 6.61 Å². The first-order valence-corrected chi connectivity index (χ1v) is 14.1. The normalized spacial score (nSPS) is 13.2. The molecule has 0 fully saturated rings. The summed E-state index contributed by atoms with van der Waals surface area (Å²) < 4.78 is 16.9. The Labute approximate surface area is 219 Å². The summed E-state index contributed by atoms with van der Waals surface area (Å²) in [6, 6.07) is -0.603. The van der Waals surface area contributed by atoms with Crippen LogP contribution in [0.25, 0.3) is 0 Å². The van der Waals surface area contributed by atoms with Gasteiger partial charge in [0.15, 0.2) is 12.1 Å². The van der Waals surface area contributed by atoms with Crippen molar-refractivity contribution >= 4 is 17.9 Å². The highest BCUT2D eigenvalue weighted by Gasteiger charge is 2.31. The van der Waals surface area contributed by atoms with Crippen LogP contribution in [0.3, 0.4) is 0 Å². The predicted molar refractivity (Wildman–Crippen MR) is 142 cm³/mol. The van der Waals surface area contributed by atoms with Crippen LogP contribution in [0.4, 0.5) is 0 Å². The lowest BCUT2D eigenvalue weighted by atomic mass is 10.1. The number of hydrogen-bond donors (Lipinski definition) is 1. The Balaban J connectivity index is 4.56. The van der Waals surface area contributed by atoms with E-state index in [-0.39, 0.29) is 36.2 Å². The number of nitrogens with zero attached hydrogens (tertiary/aromatic N) is 1. The summed E-state index contributed by atoms with van der Waals surface area (Å²) in [5.74, 6) is -1.49. The Hall–Kier alpha value is -1.67. The van der Waals surface area contributed by atoms with Crippen molar-refractivity contribution in [2.75, 3.05) is 41.0 Å². The van der Waals surface area contributed by atoms with Gasteiger partial charge < -0.3 is 23.8 Å². The summed E-state index contributed by atoms with van der Waals surface area (Å²) in [6.07, 6.45) is 13.3. The van der Waals surface area contributed by atoms with Gasteiger partial charge in [0.25, 0.3) is 0 Å². The maximum atomic E-state index is 12.3. The molecule has 0 rings (SSSR count). The van der Waals surface area contributed by atoms with Crippen LogP contribution in [0, 0.1) is 0 Å². The number of hydrogen-bond acceptors (Lipinski definition) is 6. The molecule has 0 aliphatic rings. The van der Waals surface area contributed by atoms with Gasteiger partial charge in [0.05, 0.1) is 34.4 Å². The van der Waals surface area contributed by atoms with Gasteiger partial charge >= 0.3 is 17.9 Å². The molecule has 2 unspecified atom stereocenters. The number of ether oxygens (including phenoxy) is 3. The van der Waals surface area contributed by atoms with Crippen molar-refractivity contribution < 1.29 is 38.2 Å². The fraction of sp³-hybridized carbons (Fsp3) is 0.893. The molecule has 8 nitrogen and oxygen atoms in total. The molecule has 0 amide bonds. The van der Waals surface area contributed by atoms with E-state index in [4.69, 9.17) is 14.2 Å². The van der Waals surface area contributed by atoms with Crippen molar-refractivity contribution in [1.82, 2.24) is 0 Å². The maximum Gasteiger partial charge on any atom is 0.362 e. The van der Waals surface area contributed by atoms with E-state index < -0.39 is 18.1 Å². The zero-order valence-corrected chi connectivity index (χ0v) is 23.7. The second-order valence-electron chi connectivity index (χ2n) is 10.7. The van der Waals surface area contributed by atoms with Crippen LogP contribution in [0.15, 0.2) is 0 Å². The Bertz CT molecular complexity index is 589. The van der Waals surface area contributed by atoms with Crippen LogP contribution in [-0.4, -0.2) is 80.6 Å². The van der Waals surface area contributed by atoms with Crippen molar-refractivity contribution in [2.45, 2.75) is 122 Å². The van der Waals surface area contributed by atoms with Gasteiger partial charge in [0, 0.05) is 19.3 Å². The van der Waals surface area contributed by atoms with E-state index in [0.717, 1.165) is 38.5 Å². The third kappa shape index (κ3) is 19.5. The van der Waals surface area contributed by atoms with Gasteiger partial charge in [-0.2, -0.15) is 0 Å². The molecular weight excluding hydrogens is 462 g/mol. The number of carboxylic acid groups (broad SMARTS) is 1. The van der Waals surface area contributed by atoms with Gasteiger partial charge in [-0.15, -0.1) is 0 Å². The monoisotopic (exact) mass is 516 g/mol. The molecule has 8 heteroatoms. The van der Waals surface area contributed by atoms with Crippen molar-refractivity contribution in [3.05, 3.63) is 0 Å². The molecule has 212 valence electrons. The van der Waals surface area contributed by atoms with Gasteiger partial charge in [-0.3, -0.25) is 9.59 Å². The van der Waals surface area contributed by atoms with Crippen LogP contribution in [0.5, 0.6) is 0 Å². The fourth-order valence-electron chi connectivity index (χ4n) is 3.97. The number of carboxylic acids is 1. The summed E-state index contributed by atoms with van der Waals surface area (Å²) in [6.45, 7) is 4.57. The number of esters is 2. The number of carbonyl (C=O) groups is 3. The molecule has 0 spiro atoms. The lowest BCUT2D eigenvalue weighted by Gasteiger charge is -2.31. The van der Waals surface area contributed by atoms with Crippen LogP contribution >= 0.6 is 0 Å². The van der Waals surface area contributed by atoms with Gasteiger partial charge in [0.2, 0.25) is 0 Å². The standard InChI is InChI=1S/C28H53NO7/c1-6-8-10-12-14-16-18-26(30)35-23-24(36-27(31)19-17-15-13-11-9-7-2)22-34-21-20-25(28(32)33)29(3,4)5/h24-25H,6-23H2,1-5H3/p+1. The second-order valence-corrected chi connectivity index (χ2v) is 10.7. The maximum absolute atomic E-state index is 12.3. The lowest BCUT2D eigenvalue weighted by molar-refractivity contribution is -0.887. The highest BCUT2D eigenvalue weighted by atomic mass is 16.6. The SMILES string of the molecule is CCCCCCCCC(=O)OCC(COCCC(C(=O)O)[N+](C)(C)C)OC(=O)CCCCCCCC. The molecular formula is C28H54NO7+. The molecule has 0 aliphatic heterocycles. The van der Waals surface area contributed by atoms with Crippen molar-refractivity contribution in [3.8, 4) is 0 Å². The highest BCUT2D eigenvalue weighted by Crippen LogP contribution is 2.12. The largest absolute Gasteiger partial charge is 0.477 e. The van der Waals surface area contributed by atoms with Gasteiger partial charge in [-0.25, -0.2) is 4.79 Å². The minimum atomic E-state index is -0.878. The van der Waals surface area contributed by atoms with Crippen LogP contribution in [0.1, 0.15) is 110 Å². The molecule has 0 bridgehead atoms. The average molecular weight is 517 g/mol. The number of quaternary nitrogens is 1. The first-order chi connectivity index (χ1) is 17.1. The summed E-state index contributed by atoms with van der Waals surface area (Å²) in [4.78, 5) is 36.0. The van der Waals surface area contributed by atoms with Crippen molar-refractivity contribution in [2.24, 2.45) is 0 Å². The van der Waals surface area contributed by atoms with Gasteiger partial charge in [-0.1, -0.05) is 78.1 Å². The Kier molecular flexibility index (Phi) is 20.4. The van der Waals surface area contributed by atoms with E-state index in [0.29, 0.717) is 19.3 Å². The number of rotatable bonds is 24. The van der Waals surface area contributed by atoms with Crippen LogP contribution in [-0.2, 0) is 28.6 Å². The van der Waals surface area contributed by atoms with E-state index in [2.05, 4.69) is 13.8 Å². The Morgan fingerprint density at radius 2 is 1.22 bits per heavy atom. The Morgan fingerprint density at radius 1 is 0.722 bits per heavy atom. The molecule has 2 atom stereocenters. The molecule has 1 N–H and O–H groups in total. The number of carbonyl (C=O) groups excluding carboxylic acids is 2. The molecule has 0 aromatic heterocycles. The van der Waals surface area contributed by atoms with Crippen LogP contribution in [0.2, 0.25) is 0 Å². The molecule has 36 heavy (non-hydrogen) atoms. The fourth-order valence-corrected chi connectivity index (χ4v) is 3.97. The van der Waals surface area contributed by atoms with E-state index >= 15 is 0 Å². The first kappa shape index (κ1) is 34.3. The lowest BCUT2D eigenvalue weighted by Crippen LogP contribution is -2.50. The van der Waals surface area contributed by atoms with Crippen LogP contribution < -0.4 is 0 Å². The van der Waals surface area contributed by atoms with E-state index in [1.54, 1.807) is 0 Å². The Morgan fingerprint density at radius 3 is 1.72 bits per heavy atom.